The second kappa shape index (κ2) is 7.06. The quantitative estimate of drug-likeness (QED) is 0.464. The lowest BCUT2D eigenvalue weighted by Crippen LogP contribution is -2.47. The number of methoxy groups -OCH3 is 3. The number of aromatic nitrogens is 1. The molecule has 1 aromatic heterocycles. The molecule has 0 saturated heterocycles. The fourth-order valence-electron chi connectivity index (χ4n) is 4.27. The van der Waals surface area contributed by atoms with Crippen LogP contribution in [-0.2, 0) is 42.1 Å². The lowest BCUT2D eigenvalue weighted by molar-refractivity contribution is -0.171. The smallest absolute Gasteiger partial charge is 0.323 e. The summed E-state index contributed by atoms with van der Waals surface area (Å²) in [5.74, 6) is -2.07. The van der Waals surface area contributed by atoms with Crippen molar-refractivity contribution >= 4 is 28.8 Å². The van der Waals surface area contributed by atoms with Gasteiger partial charge in [0.2, 0.25) is 0 Å². The second-order valence-corrected chi connectivity index (χ2v) is 6.86. The number of esters is 3. The minimum absolute atomic E-state index is 0.0627. The van der Waals surface area contributed by atoms with Gasteiger partial charge in [0, 0.05) is 30.1 Å². The number of rotatable bonds is 4. The molecule has 0 fully saturated rings. The van der Waals surface area contributed by atoms with Crippen molar-refractivity contribution in [3.05, 3.63) is 35.5 Å². The summed E-state index contributed by atoms with van der Waals surface area (Å²) >= 11 is 0. The Bertz CT molecular complexity index is 897. The maximum absolute atomic E-state index is 12.7. The number of hydrogen-bond acceptors (Lipinski definition) is 6. The van der Waals surface area contributed by atoms with Gasteiger partial charge in [-0.25, -0.2) is 0 Å². The highest BCUT2D eigenvalue weighted by atomic mass is 16.5. The molecule has 0 radical (unpaired) electrons. The summed E-state index contributed by atoms with van der Waals surface area (Å²) in [7, 11) is 5.71. The van der Waals surface area contributed by atoms with Crippen LogP contribution < -0.4 is 0 Å². The molecule has 0 bridgehead atoms. The molecule has 1 atom stereocenters. The first kappa shape index (κ1) is 18.9. The third-order valence-corrected chi connectivity index (χ3v) is 5.54. The molecule has 7 nitrogen and oxygen atoms in total. The van der Waals surface area contributed by atoms with Gasteiger partial charge in [-0.1, -0.05) is 18.2 Å². The predicted molar refractivity (Wildman–Crippen MR) is 97.1 cm³/mol. The average Bonchev–Trinajstić information content (AvgIpc) is 2.98. The fraction of sp³-hybridized carbons (Fsp3) is 0.450. The van der Waals surface area contributed by atoms with E-state index in [0.29, 0.717) is 0 Å². The van der Waals surface area contributed by atoms with E-state index in [1.165, 1.54) is 21.3 Å². The molecule has 144 valence electrons. The zero-order valence-corrected chi connectivity index (χ0v) is 15.9. The zero-order chi connectivity index (χ0) is 19.8. The van der Waals surface area contributed by atoms with Crippen LogP contribution in [0.5, 0.6) is 0 Å². The summed E-state index contributed by atoms with van der Waals surface area (Å²) in [6, 6.07) is 7.82. The Balaban J connectivity index is 2.25. The number of carbonyl (C=O) groups is 3. The number of ether oxygens (including phenoxy) is 3. The molecule has 0 saturated carbocycles. The average molecular weight is 373 g/mol. The van der Waals surface area contributed by atoms with Crippen LogP contribution >= 0.6 is 0 Å². The van der Waals surface area contributed by atoms with Crippen molar-refractivity contribution in [3.63, 3.8) is 0 Å². The van der Waals surface area contributed by atoms with Crippen molar-refractivity contribution in [2.45, 2.75) is 25.2 Å². The second-order valence-electron chi connectivity index (χ2n) is 6.86. The van der Waals surface area contributed by atoms with E-state index >= 15 is 0 Å². The van der Waals surface area contributed by atoms with Gasteiger partial charge in [0.1, 0.15) is 0 Å². The standard InChI is InChI=1S/C20H23NO6/c1-21-14-8-6-5-7-13(14)17-12(9-16(22)25-2)10-20(11-15(17)21,18(23)26-3)19(24)27-4/h5-8,12H,9-11H2,1-4H3. The molecule has 0 aliphatic heterocycles. The Labute approximate surface area is 157 Å². The van der Waals surface area contributed by atoms with Crippen molar-refractivity contribution < 1.29 is 28.6 Å². The lowest BCUT2D eigenvalue weighted by atomic mass is 9.67. The van der Waals surface area contributed by atoms with Gasteiger partial charge in [-0.05, 0) is 24.0 Å². The van der Waals surface area contributed by atoms with E-state index in [2.05, 4.69) is 0 Å². The van der Waals surface area contributed by atoms with Crippen molar-refractivity contribution in [2.75, 3.05) is 21.3 Å². The first-order chi connectivity index (χ1) is 12.9. The third-order valence-electron chi connectivity index (χ3n) is 5.54. The van der Waals surface area contributed by atoms with Crippen LogP contribution in [0.25, 0.3) is 10.9 Å². The van der Waals surface area contributed by atoms with Gasteiger partial charge in [0.15, 0.2) is 5.41 Å². The zero-order valence-electron chi connectivity index (χ0n) is 15.9. The monoisotopic (exact) mass is 373 g/mol. The van der Waals surface area contributed by atoms with E-state index in [1.807, 2.05) is 35.9 Å². The van der Waals surface area contributed by atoms with E-state index in [1.54, 1.807) is 0 Å². The molecule has 0 spiro atoms. The highest BCUT2D eigenvalue weighted by Crippen LogP contribution is 2.48. The highest BCUT2D eigenvalue weighted by molar-refractivity contribution is 6.01. The van der Waals surface area contributed by atoms with Crippen molar-refractivity contribution in [3.8, 4) is 0 Å². The molecule has 1 aliphatic rings. The largest absolute Gasteiger partial charge is 0.469 e. The first-order valence-electron chi connectivity index (χ1n) is 8.69. The fourth-order valence-corrected chi connectivity index (χ4v) is 4.27. The number of benzene rings is 1. The predicted octanol–water partition coefficient (Wildman–Crippen LogP) is 2.10. The third kappa shape index (κ3) is 2.87. The number of para-hydroxylation sites is 1. The first-order valence-corrected chi connectivity index (χ1v) is 8.69. The van der Waals surface area contributed by atoms with E-state index < -0.39 is 23.3 Å². The number of carbonyl (C=O) groups excluding carboxylic acids is 3. The summed E-state index contributed by atoms with van der Waals surface area (Å²) < 4.78 is 16.7. The highest BCUT2D eigenvalue weighted by Gasteiger charge is 2.54. The van der Waals surface area contributed by atoms with E-state index in [0.717, 1.165) is 22.2 Å². The van der Waals surface area contributed by atoms with E-state index in [-0.39, 0.29) is 25.2 Å². The Morgan fingerprint density at radius 3 is 2.30 bits per heavy atom. The maximum atomic E-state index is 12.7. The van der Waals surface area contributed by atoms with Crippen molar-refractivity contribution in [1.82, 2.24) is 4.57 Å². The molecule has 1 aliphatic carbocycles. The van der Waals surface area contributed by atoms with E-state index in [9.17, 15) is 14.4 Å². The molecule has 2 aromatic rings. The minimum Gasteiger partial charge on any atom is -0.469 e. The topological polar surface area (TPSA) is 83.8 Å². The van der Waals surface area contributed by atoms with Crippen LogP contribution in [0.1, 0.15) is 30.0 Å². The molecular weight excluding hydrogens is 350 g/mol. The SMILES string of the molecule is COC(=O)CC1CC(C(=O)OC)(C(=O)OC)Cc2c1c1ccccc1n2C. The summed E-state index contributed by atoms with van der Waals surface area (Å²) in [4.78, 5) is 37.4. The van der Waals surface area contributed by atoms with Gasteiger partial charge in [0.25, 0.3) is 0 Å². The summed E-state index contributed by atoms with van der Waals surface area (Å²) in [5, 5.41) is 1.01. The van der Waals surface area contributed by atoms with Crippen LogP contribution in [0.4, 0.5) is 0 Å². The van der Waals surface area contributed by atoms with Gasteiger partial charge in [-0.2, -0.15) is 0 Å². The Morgan fingerprint density at radius 1 is 1.07 bits per heavy atom. The number of fused-ring (bicyclic) bond motifs is 3. The summed E-state index contributed by atoms with van der Waals surface area (Å²) in [5.41, 5.74) is 1.29. The van der Waals surface area contributed by atoms with Gasteiger partial charge >= 0.3 is 17.9 Å². The molecule has 1 heterocycles. The number of aryl methyl sites for hydroxylation is 1. The van der Waals surface area contributed by atoms with Crippen molar-refractivity contribution in [2.24, 2.45) is 12.5 Å². The van der Waals surface area contributed by atoms with Crippen LogP contribution in [0, 0.1) is 5.41 Å². The number of nitrogens with zero attached hydrogens (tertiary/aromatic N) is 1. The molecule has 1 aromatic carbocycles. The maximum Gasteiger partial charge on any atom is 0.323 e. The van der Waals surface area contributed by atoms with Gasteiger partial charge < -0.3 is 18.8 Å². The minimum atomic E-state index is -1.49. The molecule has 1 unspecified atom stereocenters. The van der Waals surface area contributed by atoms with Crippen LogP contribution in [0.15, 0.2) is 24.3 Å². The van der Waals surface area contributed by atoms with Crippen LogP contribution in [-0.4, -0.2) is 43.8 Å². The molecular formula is C20H23NO6. The molecule has 3 rings (SSSR count). The Kier molecular flexibility index (Phi) is 4.95. The summed E-state index contributed by atoms with van der Waals surface area (Å²) in [6.45, 7) is 0. The van der Waals surface area contributed by atoms with Crippen LogP contribution in [0.2, 0.25) is 0 Å². The van der Waals surface area contributed by atoms with Gasteiger partial charge in [0.05, 0.1) is 27.8 Å². The molecule has 27 heavy (non-hydrogen) atoms. The van der Waals surface area contributed by atoms with E-state index in [4.69, 9.17) is 14.2 Å². The Morgan fingerprint density at radius 2 is 1.70 bits per heavy atom. The van der Waals surface area contributed by atoms with Gasteiger partial charge in [-0.15, -0.1) is 0 Å². The Hall–Kier alpha value is -2.83. The molecule has 0 amide bonds. The normalized spacial score (nSPS) is 17.9. The molecule has 0 N–H and O–H groups in total. The van der Waals surface area contributed by atoms with Crippen molar-refractivity contribution in [1.29, 1.82) is 0 Å². The summed E-state index contributed by atoms with van der Waals surface area (Å²) in [6.07, 6.45) is 0.347. The lowest BCUT2D eigenvalue weighted by Gasteiger charge is -2.36. The molecule has 7 heteroatoms. The van der Waals surface area contributed by atoms with Gasteiger partial charge in [-0.3, -0.25) is 14.4 Å². The number of hydrogen-bond donors (Lipinski definition) is 0. The van der Waals surface area contributed by atoms with Crippen LogP contribution in [0.3, 0.4) is 0 Å².